The zero-order valence-corrected chi connectivity index (χ0v) is 24.7. The average molecular weight is 562 g/mol. The number of nitrogens with one attached hydrogen (secondary N) is 1. The second-order valence-corrected chi connectivity index (χ2v) is 15.0. The van der Waals surface area contributed by atoms with Gasteiger partial charge >= 0.3 is 0 Å². The van der Waals surface area contributed by atoms with Crippen molar-refractivity contribution in [1.82, 2.24) is 9.29 Å². The van der Waals surface area contributed by atoms with E-state index in [9.17, 15) is 9.00 Å². The number of nitrogens with zero attached hydrogens (tertiary/aromatic N) is 2. The highest BCUT2D eigenvalue weighted by Crippen LogP contribution is 2.51. The van der Waals surface area contributed by atoms with Crippen LogP contribution in [0.3, 0.4) is 0 Å². The van der Waals surface area contributed by atoms with Crippen molar-refractivity contribution in [3.8, 4) is 17.0 Å². The van der Waals surface area contributed by atoms with Crippen molar-refractivity contribution >= 4 is 21.8 Å². The molecule has 0 unspecified atom stereocenters. The van der Waals surface area contributed by atoms with Gasteiger partial charge < -0.3 is 14.8 Å². The third-order valence-electron chi connectivity index (χ3n) is 8.86. The second kappa shape index (κ2) is 10.1. The van der Waals surface area contributed by atoms with E-state index >= 15 is 0 Å². The van der Waals surface area contributed by atoms with Crippen LogP contribution >= 0.6 is 0 Å². The van der Waals surface area contributed by atoms with Gasteiger partial charge in [0, 0.05) is 47.4 Å². The molecule has 1 amide bonds. The first-order valence-electron chi connectivity index (χ1n) is 14.1. The van der Waals surface area contributed by atoms with E-state index in [1.54, 1.807) is 7.11 Å². The molecule has 6 rings (SSSR count). The maximum atomic E-state index is 13.8. The largest absolute Gasteiger partial charge is 0.492 e. The maximum absolute atomic E-state index is 13.8. The Hall–Kier alpha value is -3.07. The van der Waals surface area contributed by atoms with Gasteiger partial charge in [-0.3, -0.25) is 9.00 Å². The fourth-order valence-corrected chi connectivity index (χ4v) is 8.56. The topological polar surface area (TPSA) is 80.8 Å². The minimum Gasteiger partial charge on any atom is -0.492 e. The number of amides is 1. The van der Waals surface area contributed by atoms with Crippen LogP contribution in [0.4, 0.5) is 5.82 Å². The number of thiol groups is 1. The van der Waals surface area contributed by atoms with Crippen LogP contribution in [0.25, 0.3) is 11.3 Å². The van der Waals surface area contributed by atoms with Crippen LogP contribution in [0.2, 0.25) is 0 Å². The maximum Gasteiger partial charge on any atom is 0.236 e. The Morgan fingerprint density at radius 3 is 2.65 bits per heavy atom. The van der Waals surface area contributed by atoms with E-state index in [2.05, 4.69) is 29.5 Å². The summed E-state index contributed by atoms with van der Waals surface area (Å²) in [6, 6.07) is 19.9. The molecule has 0 radical (unpaired) electrons. The number of hydrogen-bond donors (Lipinski definition) is 2. The Morgan fingerprint density at radius 2 is 1.93 bits per heavy atom. The van der Waals surface area contributed by atoms with Gasteiger partial charge in [0.25, 0.3) is 0 Å². The molecule has 3 aliphatic rings. The zero-order chi connectivity index (χ0) is 28.1. The van der Waals surface area contributed by atoms with Gasteiger partial charge in [-0.15, -0.1) is 0 Å². The van der Waals surface area contributed by atoms with Crippen LogP contribution in [-0.4, -0.2) is 58.6 Å². The molecular weight excluding hydrogens is 522 g/mol. The lowest BCUT2D eigenvalue weighted by Crippen LogP contribution is -2.41. The second-order valence-electron chi connectivity index (χ2n) is 12.2. The smallest absolute Gasteiger partial charge is 0.236 e. The third kappa shape index (κ3) is 4.76. The van der Waals surface area contributed by atoms with Crippen molar-refractivity contribution in [3.05, 3.63) is 71.8 Å². The molecule has 2 aromatic carbocycles. The number of ether oxygens (including phenoxy) is 2. The molecule has 3 heterocycles. The molecule has 2 fully saturated rings. The summed E-state index contributed by atoms with van der Waals surface area (Å²) in [5.74, 6) is 1.43. The van der Waals surface area contributed by atoms with Crippen molar-refractivity contribution < 1.29 is 18.5 Å². The number of benzene rings is 2. The van der Waals surface area contributed by atoms with E-state index < -0.39 is 15.5 Å². The summed E-state index contributed by atoms with van der Waals surface area (Å²) < 4.78 is 27.2. The Kier molecular flexibility index (Phi) is 6.84. The van der Waals surface area contributed by atoms with Crippen LogP contribution < -0.4 is 10.1 Å². The highest BCUT2D eigenvalue weighted by Gasteiger charge is 2.52. The minimum atomic E-state index is -2.70. The molecule has 0 spiro atoms. The number of aromatic nitrogens is 1. The number of fused-ring (bicyclic) bond motifs is 1. The van der Waals surface area contributed by atoms with Crippen LogP contribution in [0, 0.1) is 0 Å². The zero-order valence-electron chi connectivity index (χ0n) is 23.8. The first kappa shape index (κ1) is 27.1. The molecule has 40 heavy (non-hydrogen) atoms. The first-order chi connectivity index (χ1) is 19.1. The van der Waals surface area contributed by atoms with Crippen molar-refractivity contribution in [2.45, 2.75) is 61.3 Å². The predicted molar refractivity (Wildman–Crippen MR) is 160 cm³/mol. The lowest BCUT2D eigenvalue weighted by atomic mass is 9.83. The SMILES string of the molecule is COC[C@H]1CCCN1[SH](C)(=O)c1ccc(-c2cccc(NC(=O)C3(c4ccc5c(c4)C(C)(C)CO5)CC3)n2)cc1. The van der Waals surface area contributed by atoms with Crippen LogP contribution in [0.1, 0.15) is 50.7 Å². The summed E-state index contributed by atoms with van der Waals surface area (Å²) >= 11 is 0. The number of hydrogen-bond acceptors (Lipinski definition) is 5. The summed E-state index contributed by atoms with van der Waals surface area (Å²) in [6.07, 6.45) is 5.53. The predicted octanol–water partition coefficient (Wildman–Crippen LogP) is 5.12. The Bertz CT molecular complexity index is 1480. The summed E-state index contributed by atoms with van der Waals surface area (Å²) in [4.78, 5) is 19.1. The molecule has 1 aliphatic carbocycles. The summed E-state index contributed by atoms with van der Waals surface area (Å²) in [5, 5.41) is 3.09. The van der Waals surface area contributed by atoms with E-state index in [0.717, 1.165) is 59.7 Å². The number of carbonyl (C=O) groups is 1. The van der Waals surface area contributed by atoms with Gasteiger partial charge in [0.05, 0.1) is 24.3 Å². The standard InChI is InChI=1S/C32H39N3O4S/c1-31(2)21-39-28-15-12-23(19-26(28)31)32(16-17-32)30(36)34-29-9-5-8-27(33-29)22-10-13-25(14-11-22)40(4,37)35-18-6-7-24(35)20-38-3/h5,8-15,19,24,40H,6-7,16-18,20-21H2,1-4H3,(H,33,34,36)/t24-/m1/s1. The third-order valence-corrected chi connectivity index (χ3v) is 11.6. The normalized spacial score (nSPS) is 21.4. The van der Waals surface area contributed by atoms with Gasteiger partial charge in [-0.1, -0.05) is 44.2 Å². The number of carbonyl (C=O) groups excluding carboxylic acids is 1. The lowest BCUT2D eigenvalue weighted by molar-refractivity contribution is -0.118. The quantitative estimate of drug-likeness (QED) is 0.373. The van der Waals surface area contributed by atoms with Gasteiger partial charge in [0.2, 0.25) is 5.91 Å². The Morgan fingerprint density at radius 1 is 1.15 bits per heavy atom. The lowest BCUT2D eigenvalue weighted by Gasteiger charge is -2.35. The van der Waals surface area contributed by atoms with Crippen molar-refractivity contribution in [2.75, 3.05) is 38.4 Å². The van der Waals surface area contributed by atoms with Crippen molar-refractivity contribution in [3.63, 3.8) is 0 Å². The highest BCUT2D eigenvalue weighted by molar-refractivity contribution is 8.00. The van der Waals surface area contributed by atoms with Crippen molar-refractivity contribution in [1.29, 1.82) is 0 Å². The van der Waals surface area contributed by atoms with Crippen LogP contribution in [0.5, 0.6) is 5.75 Å². The fourth-order valence-electron chi connectivity index (χ4n) is 6.23. The number of rotatable bonds is 8. The van der Waals surface area contributed by atoms with Gasteiger partial charge in [0.15, 0.2) is 0 Å². The molecule has 1 saturated carbocycles. The Balaban J connectivity index is 1.18. The molecule has 1 saturated heterocycles. The van der Waals surface area contributed by atoms with Crippen LogP contribution in [0.15, 0.2) is 65.6 Å². The van der Waals surface area contributed by atoms with E-state index in [-0.39, 0.29) is 17.4 Å². The average Bonchev–Trinajstić information content (AvgIpc) is 3.53. The van der Waals surface area contributed by atoms with Gasteiger partial charge in [0.1, 0.15) is 11.6 Å². The summed E-state index contributed by atoms with van der Waals surface area (Å²) in [6.45, 7) is 6.43. The Labute approximate surface area is 237 Å². The molecule has 3 aromatic rings. The van der Waals surface area contributed by atoms with Crippen LogP contribution in [-0.2, 0) is 30.5 Å². The molecule has 7 nitrogen and oxygen atoms in total. The molecule has 1 aromatic heterocycles. The molecule has 8 heteroatoms. The minimum absolute atomic E-state index is 0.0210. The number of methoxy groups -OCH3 is 1. The molecular formula is C32H39N3O4S. The fraction of sp³-hybridized carbons (Fsp3) is 0.438. The molecule has 2 aliphatic heterocycles. The molecule has 1 atom stereocenters. The van der Waals surface area contributed by atoms with E-state index in [0.29, 0.717) is 19.0 Å². The first-order valence-corrected chi connectivity index (χ1v) is 16.3. The van der Waals surface area contributed by atoms with Crippen molar-refractivity contribution in [2.24, 2.45) is 0 Å². The van der Waals surface area contributed by atoms with Gasteiger partial charge in [-0.05, 0) is 71.7 Å². The van der Waals surface area contributed by atoms with E-state index in [1.807, 2.05) is 60.9 Å². The van der Waals surface area contributed by atoms with E-state index in [4.69, 9.17) is 14.5 Å². The summed E-state index contributed by atoms with van der Waals surface area (Å²) in [7, 11) is -1.01. The highest BCUT2D eigenvalue weighted by atomic mass is 32.3. The van der Waals surface area contributed by atoms with E-state index in [1.165, 1.54) is 5.56 Å². The van der Waals surface area contributed by atoms with Gasteiger partial charge in [-0.25, -0.2) is 9.29 Å². The number of anilines is 1. The summed E-state index contributed by atoms with van der Waals surface area (Å²) in [5.41, 5.74) is 3.30. The molecule has 1 N–H and O–H groups in total. The van der Waals surface area contributed by atoms with Gasteiger partial charge in [-0.2, -0.15) is 0 Å². The number of pyridine rings is 1. The molecule has 212 valence electrons. The molecule has 0 bridgehead atoms. The monoisotopic (exact) mass is 561 g/mol.